The van der Waals surface area contributed by atoms with Crippen molar-refractivity contribution in [1.29, 1.82) is 0 Å². The van der Waals surface area contributed by atoms with Gasteiger partial charge < -0.3 is 5.73 Å². The third-order valence-corrected chi connectivity index (χ3v) is 6.39. The number of nitrogen functional groups attached to an aromatic ring is 1. The number of nitrogens with one attached hydrogen (secondary N) is 1. The second-order valence-electron chi connectivity index (χ2n) is 8.32. The van der Waals surface area contributed by atoms with Crippen LogP contribution in [0.15, 0.2) is 24.5 Å². The average molecular weight is 417 g/mol. The summed E-state index contributed by atoms with van der Waals surface area (Å²) in [6.07, 6.45) is 0.625. The summed E-state index contributed by atoms with van der Waals surface area (Å²) in [4.78, 5) is 6.14. The molecule has 2 aliphatic heterocycles. The Morgan fingerprint density at radius 3 is 2.73 bits per heavy atom. The van der Waals surface area contributed by atoms with Gasteiger partial charge in [-0.3, -0.25) is 14.7 Å². The molecule has 0 radical (unpaired) electrons. The van der Waals surface area contributed by atoms with Gasteiger partial charge in [-0.05, 0) is 44.0 Å². The highest BCUT2D eigenvalue weighted by molar-refractivity contribution is 5.63. The van der Waals surface area contributed by atoms with Gasteiger partial charge in [-0.2, -0.15) is 23.4 Å². The summed E-state index contributed by atoms with van der Waals surface area (Å²) in [6.45, 7) is 5.47. The van der Waals surface area contributed by atoms with Crippen molar-refractivity contribution in [3.05, 3.63) is 47.0 Å². The maximum absolute atomic E-state index is 13.2. The summed E-state index contributed by atoms with van der Waals surface area (Å²) < 4.78 is 41.6. The quantitative estimate of drug-likeness (QED) is 0.684. The van der Waals surface area contributed by atoms with E-state index >= 15 is 0 Å². The topological polar surface area (TPSA) is 88.7 Å². The zero-order valence-corrected chi connectivity index (χ0v) is 16.5. The van der Waals surface area contributed by atoms with E-state index < -0.39 is 17.6 Å². The van der Waals surface area contributed by atoms with Crippen LogP contribution in [-0.4, -0.2) is 43.0 Å². The summed E-state index contributed by atoms with van der Waals surface area (Å²) >= 11 is 0. The molecule has 7 nitrogen and oxygen atoms in total. The molecule has 0 saturated carbocycles. The molecular formula is C20H22F3N7. The number of halogens is 3. The van der Waals surface area contributed by atoms with Gasteiger partial charge >= 0.3 is 6.18 Å². The lowest BCUT2D eigenvalue weighted by Crippen LogP contribution is -2.29. The van der Waals surface area contributed by atoms with E-state index in [0.717, 1.165) is 62.0 Å². The molecule has 0 amide bonds. The number of nitrogens with zero attached hydrogens (tertiary/aromatic N) is 5. The summed E-state index contributed by atoms with van der Waals surface area (Å²) in [5.74, 6) is -0.519. The number of fused-ring (bicyclic) bond motifs is 2. The molecule has 1 fully saturated rings. The number of H-pyrrole nitrogens is 1. The van der Waals surface area contributed by atoms with Crippen LogP contribution in [0, 0.1) is 6.92 Å². The molecule has 5 rings (SSSR count). The molecule has 1 saturated heterocycles. The Hall–Kier alpha value is -2.88. The van der Waals surface area contributed by atoms with E-state index in [-0.39, 0.29) is 5.41 Å². The van der Waals surface area contributed by atoms with Crippen molar-refractivity contribution in [3.63, 3.8) is 0 Å². The van der Waals surface area contributed by atoms with E-state index in [9.17, 15) is 13.2 Å². The molecular weight excluding hydrogens is 395 g/mol. The van der Waals surface area contributed by atoms with Gasteiger partial charge in [0, 0.05) is 42.5 Å². The highest BCUT2D eigenvalue weighted by Gasteiger charge is 2.45. The Bertz CT molecular complexity index is 1100. The molecule has 1 atom stereocenters. The maximum atomic E-state index is 13.2. The number of alkyl halides is 3. The van der Waals surface area contributed by atoms with E-state index in [2.05, 4.69) is 25.2 Å². The number of nitrogens with two attached hydrogens (primary N) is 1. The lowest BCUT2D eigenvalue weighted by atomic mass is 9.82. The minimum absolute atomic E-state index is 0.0206. The Balaban J connectivity index is 1.42. The number of hydrogen-bond donors (Lipinski definition) is 2. The van der Waals surface area contributed by atoms with Crippen molar-refractivity contribution in [3.8, 4) is 11.3 Å². The van der Waals surface area contributed by atoms with Crippen LogP contribution in [0.4, 0.5) is 19.0 Å². The predicted molar refractivity (Wildman–Crippen MR) is 104 cm³/mol. The number of aryl methyl sites for hydroxylation is 2. The van der Waals surface area contributed by atoms with Crippen LogP contribution in [0.1, 0.15) is 35.4 Å². The zero-order chi connectivity index (χ0) is 21.1. The number of anilines is 1. The Labute approximate surface area is 171 Å². The van der Waals surface area contributed by atoms with E-state index in [1.54, 1.807) is 0 Å². The smallest absolute Gasteiger partial charge is 0.383 e. The van der Waals surface area contributed by atoms with Gasteiger partial charge in [-0.15, -0.1) is 0 Å². The monoisotopic (exact) mass is 417 g/mol. The molecule has 3 aromatic heterocycles. The molecule has 158 valence electrons. The lowest BCUT2D eigenvalue weighted by molar-refractivity contribution is -0.137. The molecule has 3 aromatic rings. The molecule has 0 unspecified atom stereocenters. The molecule has 30 heavy (non-hydrogen) atoms. The fourth-order valence-electron chi connectivity index (χ4n) is 4.71. The summed E-state index contributed by atoms with van der Waals surface area (Å²) in [5, 5.41) is 11.7. The molecule has 5 heterocycles. The SMILES string of the molecule is Cc1cn[nH]c1CN1CC[C@@]2(CCn3nc(-c4cnc(N)c(C(F)(F)F)c4)cc32)C1. The third kappa shape index (κ3) is 3.06. The minimum Gasteiger partial charge on any atom is -0.383 e. The van der Waals surface area contributed by atoms with Gasteiger partial charge in [-0.1, -0.05) is 0 Å². The fraction of sp³-hybridized carbons (Fsp3) is 0.450. The summed E-state index contributed by atoms with van der Waals surface area (Å²) in [6, 6.07) is 2.96. The second-order valence-corrected chi connectivity index (χ2v) is 8.32. The lowest BCUT2D eigenvalue weighted by Gasteiger charge is -2.23. The normalized spacial score (nSPS) is 21.6. The minimum atomic E-state index is -4.55. The van der Waals surface area contributed by atoms with Gasteiger partial charge in [0.2, 0.25) is 0 Å². The van der Waals surface area contributed by atoms with Crippen LogP contribution in [0.5, 0.6) is 0 Å². The highest BCUT2D eigenvalue weighted by atomic mass is 19.4. The van der Waals surface area contributed by atoms with Crippen LogP contribution < -0.4 is 5.73 Å². The van der Waals surface area contributed by atoms with Crippen molar-refractivity contribution in [2.45, 2.75) is 44.4 Å². The van der Waals surface area contributed by atoms with Crippen molar-refractivity contribution in [2.75, 3.05) is 18.8 Å². The van der Waals surface area contributed by atoms with Gasteiger partial charge in [0.25, 0.3) is 0 Å². The van der Waals surface area contributed by atoms with Crippen molar-refractivity contribution in [1.82, 2.24) is 29.9 Å². The highest BCUT2D eigenvalue weighted by Crippen LogP contribution is 2.44. The van der Waals surface area contributed by atoms with Crippen LogP contribution in [0.3, 0.4) is 0 Å². The number of aromatic nitrogens is 5. The van der Waals surface area contributed by atoms with Crippen LogP contribution in [0.25, 0.3) is 11.3 Å². The Kier molecular flexibility index (Phi) is 4.18. The van der Waals surface area contributed by atoms with Crippen LogP contribution in [0.2, 0.25) is 0 Å². The summed E-state index contributed by atoms with van der Waals surface area (Å²) in [7, 11) is 0. The first kappa shape index (κ1) is 19.1. The molecule has 0 aromatic carbocycles. The van der Waals surface area contributed by atoms with E-state index in [0.29, 0.717) is 11.3 Å². The van der Waals surface area contributed by atoms with Gasteiger partial charge in [0.15, 0.2) is 0 Å². The summed E-state index contributed by atoms with van der Waals surface area (Å²) in [5.41, 5.74) is 8.67. The Morgan fingerprint density at radius 2 is 2.00 bits per heavy atom. The van der Waals surface area contributed by atoms with Crippen LogP contribution in [-0.2, 0) is 24.7 Å². The standard InChI is InChI=1S/C20H22F3N7/c1-12-8-26-27-16(12)10-29-4-2-19(11-29)3-5-30-17(19)7-15(28-30)13-6-14(20(21,22)23)18(24)25-9-13/h6-9H,2-5,10-11H2,1H3,(H2,24,25)(H,26,27)/t19-/m1/s1. The van der Waals surface area contributed by atoms with E-state index in [1.807, 2.05) is 23.9 Å². The second kappa shape index (κ2) is 6.56. The predicted octanol–water partition coefficient (Wildman–Crippen LogP) is 3.13. The molecule has 0 bridgehead atoms. The first-order valence-corrected chi connectivity index (χ1v) is 9.88. The zero-order valence-electron chi connectivity index (χ0n) is 16.5. The maximum Gasteiger partial charge on any atom is 0.419 e. The van der Waals surface area contributed by atoms with Crippen LogP contribution >= 0.6 is 0 Å². The number of likely N-dealkylation sites (tertiary alicyclic amines) is 1. The number of pyridine rings is 1. The van der Waals surface area contributed by atoms with Gasteiger partial charge in [0.05, 0.1) is 23.1 Å². The van der Waals surface area contributed by atoms with Gasteiger partial charge in [-0.25, -0.2) is 4.98 Å². The fourth-order valence-corrected chi connectivity index (χ4v) is 4.71. The van der Waals surface area contributed by atoms with E-state index in [1.165, 1.54) is 6.20 Å². The third-order valence-electron chi connectivity index (χ3n) is 6.39. The molecule has 10 heteroatoms. The number of rotatable bonds is 3. The molecule has 3 N–H and O–H groups in total. The average Bonchev–Trinajstić information content (AvgIpc) is 3.44. The molecule has 2 aliphatic rings. The molecule has 1 spiro atoms. The van der Waals surface area contributed by atoms with Gasteiger partial charge in [0.1, 0.15) is 5.82 Å². The first-order chi connectivity index (χ1) is 14.2. The van der Waals surface area contributed by atoms with Crippen molar-refractivity contribution >= 4 is 5.82 Å². The Morgan fingerprint density at radius 1 is 1.20 bits per heavy atom. The molecule has 0 aliphatic carbocycles. The largest absolute Gasteiger partial charge is 0.419 e. The number of aromatic amines is 1. The van der Waals surface area contributed by atoms with E-state index in [4.69, 9.17) is 5.73 Å². The van der Waals surface area contributed by atoms with Crippen molar-refractivity contribution in [2.24, 2.45) is 0 Å². The first-order valence-electron chi connectivity index (χ1n) is 9.88. The van der Waals surface area contributed by atoms with Crippen molar-refractivity contribution < 1.29 is 13.2 Å². The number of hydrogen-bond acceptors (Lipinski definition) is 5.